The van der Waals surface area contributed by atoms with E-state index >= 15 is 0 Å². The second-order valence-electron chi connectivity index (χ2n) is 5.37. The van der Waals surface area contributed by atoms with E-state index in [9.17, 15) is 4.79 Å². The molecule has 1 aromatic carbocycles. The summed E-state index contributed by atoms with van der Waals surface area (Å²) >= 11 is 0. The van der Waals surface area contributed by atoms with Crippen LogP contribution in [0.1, 0.15) is 36.0 Å². The first-order valence-corrected chi connectivity index (χ1v) is 6.96. The van der Waals surface area contributed by atoms with Crippen LogP contribution < -0.4 is 16.4 Å². The zero-order chi connectivity index (χ0) is 13.8. The first-order chi connectivity index (χ1) is 9.13. The van der Waals surface area contributed by atoms with Gasteiger partial charge in [-0.15, -0.1) is 0 Å². The Labute approximate surface area is 114 Å². The number of hydrogen-bond donors (Lipinski definition) is 2. The Kier molecular flexibility index (Phi) is 4.43. The van der Waals surface area contributed by atoms with Crippen LogP contribution >= 0.6 is 0 Å². The van der Waals surface area contributed by atoms with E-state index < -0.39 is 0 Å². The van der Waals surface area contributed by atoms with Crippen LogP contribution in [0.25, 0.3) is 0 Å². The number of carbonyl (C=O) groups excluding carboxylic acids is 1. The van der Waals surface area contributed by atoms with Crippen molar-refractivity contribution in [2.75, 3.05) is 18.5 Å². The number of hydrogen-bond acceptors (Lipinski definition) is 3. The van der Waals surface area contributed by atoms with Crippen molar-refractivity contribution in [2.24, 2.45) is 17.4 Å². The molecule has 4 N–H and O–H groups in total. The normalized spacial score (nSPS) is 23.1. The lowest BCUT2D eigenvalue weighted by Crippen LogP contribution is -2.43. The summed E-state index contributed by atoms with van der Waals surface area (Å²) in [5.41, 5.74) is 12.8. The highest BCUT2D eigenvalue weighted by Gasteiger charge is 2.27. The lowest BCUT2D eigenvalue weighted by Gasteiger charge is -2.39. The summed E-state index contributed by atoms with van der Waals surface area (Å²) in [4.78, 5) is 13.4. The van der Waals surface area contributed by atoms with E-state index in [1.165, 1.54) is 25.7 Å². The molecule has 1 aromatic rings. The van der Waals surface area contributed by atoms with Crippen LogP contribution in [-0.2, 0) is 0 Å². The monoisotopic (exact) mass is 261 g/mol. The van der Waals surface area contributed by atoms with E-state index in [-0.39, 0.29) is 5.91 Å². The minimum absolute atomic E-state index is 0.383. The fraction of sp³-hybridized carbons (Fsp3) is 0.533. The molecule has 2 unspecified atom stereocenters. The van der Waals surface area contributed by atoms with Crippen molar-refractivity contribution < 1.29 is 4.79 Å². The summed E-state index contributed by atoms with van der Waals surface area (Å²) in [5, 5.41) is 0. The van der Waals surface area contributed by atoms with Gasteiger partial charge in [-0.1, -0.05) is 12.8 Å². The predicted octanol–water partition coefficient (Wildman–Crippen LogP) is 1.74. The molecule has 19 heavy (non-hydrogen) atoms. The number of anilines is 1. The Hall–Kier alpha value is -1.55. The highest BCUT2D eigenvalue weighted by Crippen LogP contribution is 2.30. The Morgan fingerprint density at radius 2 is 1.89 bits per heavy atom. The second-order valence-corrected chi connectivity index (χ2v) is 5.37. The summed E-state index contributed by atoms with van der Waals surface area (Å²) in [6.45, 7) is 0.744. The third-order valence-corrected chi connectivity index (χ3v) is 4.23. The minimum atomic E-state index is -0.383. The lowest BCUT2D eigenvalue weighted by molar-refractivity contribution is 0.100. The third kappa shape index (κ3) is 3.07. The van der Waals surface area contributed by atoms with E-state index in [1.54, 1.807) is 12.1 Å². The lowest BCUT2D eigenvalue weighted by atomic mass is 9.83. The standard InChI is InChI=1S/C15H23N3O/c1-18(14-5-3-2-4-12(14)10-16)13-8-6-11(7-9-13)15(17)19/h6-9,12,14H,2-5,10,16H2,1H3,(H2,17,19). The molecule has 0 aliphatic heterocycles. The maximum Gasteiger partial charge on any atom is 0.248 e. The number of benzene rings is 1. The zero-order valence-electron chi connectivity index (χ0n) is 11.5. The van der Waals surface area contributed by atoms with Crippen LogP contribution in [0, 0.1) is 5.92 Å². The Bertz CT molecular complexity index is 430. The smallest absolute Gasteiger partial charge is 0.248 e. The molecule has 1 aliphatic carbocycles. The topological polar surface area (TPSA) is 72.3 Å². The fourth-order valence-electron chi connectivity index (χ4n) is 3.03. The van der Waals surface area contributed by atoms with Crippen molar-refractivity contribution >= 4 is 11.6 Å². The molecular weight excluding hydrogens is 238 g/mol. The number of carbonyl (C=O) groups is 1. The molecule has 0 aromatic heterocycles. The number of nitrogens with zero attached hydrogens (tertiary/aromatic N) is 1. The predicted molar refractivity (Wildman–Crippen MR) is 78.2 cm³/mol. The average molecular weight is 261 g/mol. The molecule has 0 bridgehead atoms. The summed E-state index contributed by atoms with van der Waals surface area (Å²) in [6.07, 6.45) is 4.96. The van der Waals surface area contributed by atoms with Gasteiger partial charge in [0.25, 0.3) is 0 Å². The highest BCUT2D eigenvalue weighted by molar-refractivity contribution is 5.93. The van der Waals surface area contributed by atoms with Gasteiger partial charge in [-0.25, -0.2) is 0 Å². The summed E-state index contributed by atoms with van der Waals surface area (Å²) in [7, 11) is 2.11. The molecule has 0 radical (unpaired) electrons. The van der Waals surface area contributed by atoms with Crippen LogP contribution in [0.5, 0.6) is 0 Å². The van der Waals surface area contributed by atoms with Gasteiger partial charge in [0.05, 0.1) is 0 Å². The van der Waals surface area contributed by atoms with E-state index in [1.807, 2.05) is 12.1 Å². The van der Waals surface area contributed by atoms with Gasteiger partial charge in [-0.05, 0) is 49.6 Å². The van der Waals surface area contributed by atoms with Gasteiger partial charge in [-0.3, -0.25) is 4.79 Å². The first-order valence-electron chi connectivity index (χ1n) is 6.96. The third-order valence-electron chi connectivity index (χ3n) is 4.23. The SMILES string of the molecule is CN(c1ccc(C(N)=O)cc1)C1CCCCC1CN. The molecule has 0 saturated heterocycles. The summed E-state index contributed by atoms with van der Waals surface area (Å²) < 4.78 is 0. The number of rotatable bonds is 4. The maximum atomic E-state index is 11.1. The zero-order valence-corrected chi connectivity index (χ0v) is 11.5. The van der Waals surface area contributed by atoms with Crippen molar-refractivity contribution in [1.82, 2.24) is 0 Å². The van der Waals surface area contributed by atoms with Crippen molar-refractivity contribution in [1.29, 1.82) is 0 Å². The fourth-order valence-corrected chi connectivity index (χ4v) is 3.03. The largest absolute Gasteiger partial charge is 0.371 e. The molecule has 104 valence electrons. The molecule has 1 amide bonds. The summed E-state index contributed by atoms with van der Waals surface area (Å²) in [5.74, 6) is 0.182. The molecule has 1 saturated carbocycles. The number of amides is 1. The number of primary amides is 1. The van der Waals surface area contributed by atoms with Crippen molar-refractivity contribution in [3.8, 4) is 0 Å². The minimum Gasteiger partial charge on any atom is -0.371 e. The molecular formula is C15H23N3O. The van der Waals surface area contributed by atoms with Gasteiger partial charge >= 0.3 is 0 Å². The van der Waals surface area contributed by atoms with Crippen LogP contribution in [0.4, 0.5) is 5.69 Å². The molecule has 4 nitrogen and oxygen atoms in total. The highest BCUT2D eigenvalue weighted by atomic mass is 16.1. The Morgan fingerprint density at radius 3 is 2.47 bits per heavy atom. The van der Waals surface area contributed by atoms with Crippen LogP contribution in [0.15, 0.2) is 24.3 Å². The summed E-state index contributed by atoms with van der Waals surface area (Å²) in [6, 6.07) is 7.99. The van der Waals surface area contributed by atoms with Crippen LogP contribution in [0.3, 0.4) is 0 Å². The van der Waals surface area contributed by atoms with Gasteiger partial charge in [0, 0.05) is 24.3 Å². The Morgan fingerprint density at radius 1 is 1.26 bits per heavy atom. The molecule has 1 fully saturated rings. The molecule has 2 rings (SSSR count). The van der Waals surface area contributed by atoms with E-state index in [0.29, 0.717) is 17.5 Å². The Balaban J connectivity index is 2.13. The first kappa shape index (κ1) is 13.9. The van der Waals surface area contributed by atoms with Gasteiger partial charge in [0.1, 0.15) is 0 Å². The van der Waals surface area contributed by atoms with E-state index in [2.05, 4.69) is 11.9 Å². The molecule has 2 atom stereocenters. The van der Waals surface area contributed by atoms with Crippen molar-refractivity contribution in [3.63, 3.8) is 0 Å². The van der Waals surface area contributed by atoms with E-state index in [4.69, 9.17) is 11.5 Å². The van der Waals surface area contributed by atoms with Crippen LogP contribution in [0.2, 0.25) is 0 Å². The maximum absolute atomic E-state index is 11.1. The van der Waals surface area contributed by atoms with Crippen molar-refractivity contribution in [2.45, 2.75) is 31.7 Å². The van der Waals surface area contributed by atoms with Gasteiger partial charge in [0.15, 0.2) is 0 Å². The van der Waals surface area contributed by atoms with E-state index in [0.717, 1.165) is 12.2 Å². The van der Waals surface area contributed by atoms with Gasteiger partial charge < -0.3 is 16.4 Å². The molecule has 0 spiro atoms. The van der Waals surface area contributed by atoms with Gasteiger partial charge in [-0.2, -0.15) is 0 Å². The van der Waals surface area contributed by atoms with Crippen LogP contribution in [-0.4, -0.2) is 25.5 Å². The molecule has 4 heteroatoms. The number of nitrogens with two attached hydrogens (primary N) is 2. The van der Waals surface area contributed by atoms with Gasteiger partial charge in [0.2, 0.25) is 5.91 Å². The quantitative estimate of drug-likeness (QED) is 0.867. The molecule has 1 aliphatic rings. The average Bonchev–Trinajstić information content (AvgIpc) is 2.46. The van der Waals surface area contributed by atoms with Crippen molar-refractivity contribution in [3.05, 3.63) is 29.8 Å². The second kappa shape index (κ2) is 6.06. The molecule has 0 heterocycles.